The average molecular weight is 531 g/mol. The minimum absolute atomic E-state index is 0. The molecule has 0 rings (SSSR count). The molecule has 0 atom stereocenters. The van der Waals surface area contributed by atoms with Crippen LogP contribution in [0.1, 0.15) is 239 Å². The fourth-order valence-corrected chi connectivity index (χ4v) is 1.63. The van der Waals surface area contributed by atoms with Gasteiger partial charge in [0.2, 0.25) is 0 Å². The van der Waals surface area contributed by atoms with Crippen LogP contribution in [0.25, 0.3) is 0 Å². The van der Waals surface area contributed by atoms with Crippen LogP contribution in [0.2, 0.25) is 0 Å². The minimum atomic E-state index is -0.250. The molecule has 0 radical (unpaired) electrons. The van der Waals surface area contributed by atoms with Gasteiger partial charge in [0.05, 0.1) is 0 Å². The summed E-state index contributed by atoms with van der Waals surface area (Å²) in [7, 11) is -0.250. The Morgan fingerprint density at radius 2 is 0.600 bits per heavy atom. The van der Waals surface area contributed by atoms with Gasteiger partial charge in [0.25, 0.3) is 0 Å². The van der Waals surface area contributed by atoms with Crippen LogP contribution in [0.15, 0.2) is 0 Å². The molecule has 0 fully saturated rings. The maximum atomic E-state index is 5.88. The lowest BCUT2D eigenvalue weighted by molar-refractivity contribution is 0.480. The lowest BCUT2D eigenvalue weighted by Crippen LogP contribution is -1.91. The van der Waals surface area contributed by atoms with E-state index in [0.717, 1.165) is 5.92 Å². The largest absolute Gasteiger partial charge is 0.0776 e. The predicted molar refractivity (Wildman–Crippen MR) is 193 cm³/mol. The number of hydrogen-bond donors (Lipinski definition) is 0. The summed E-state index contributed by atoms with van der Waals surface area (Å²) in [6, 6.07) is 0. The third kappa shape index (κ3) is 430. The molecule has 0 spiro atoms. The Balaban J connectivity index is -0.0000000136. The van der Waals surface area contributed by atoms with Crippen LogP contribution < -0.4 is 0 Å². The molecule has 0 heterocycles. The fourth-order valence-electron chi connectivity index (χ4n) is 1.63. The molecular weight excluding hydrogens is 420 g/mol. The molecule has 0 aromatic heterocycles. The number of unbranched alkanes of at least 4 members (excludes halogenated alkanes) is 3. The molecule has 35 heavy (non-hydrogen) atoms. The SMILES string of the molecule is CC.CC.CC.CC.CC.CC.CC.CC.CC.CC.CCCC(C)CCC.CCCCCC.[3HH].[3H]C[3H].[3H][3H]. The Bertz CT molecular complexity index is 97.8. The van der Waals surface area contributed by atoms with Crippen molar-refractivity contribution in [2.75, 3.05) is 0 Å². The van der Waals surface area contributed by atoms with Crippen molar-refractivity contribution in [3.8, 4) is 0 Å². The van der Waals surface area contributed by atoms with E-state index in [1.165, 1.54) is 51.4 Å². The molecule has 0 amide bonds. The van der Waals surface area contributed by atoms with Crippen LogP contribution in [0.3, 0.4) is 0 Å². The zero-order valence-corrected chi connectivity index (χ0v) is 31.9. The molecule has 0 saturated carbocycles. The number of rotatable bonds is 7. The third-order valence-electron chi connectivity index (χ3n) is 2.52. The first-order valence-corrected chi connectivity index (χ1v) is 16.7. The molecule has 0 bridgehead atoms. The zero-order valence-electron chi connectivity index (χ0n) is 35.9. The van der Waals surface area contributed by atoms with Crippen LogP contribution in [-0.4, -0.2) is 0 Å². The normalized spacial score (nSPS) is 6.46. The summed E-state index contributed by atoms with van der Waals surface area (Å²) >= 11 is 0. The van der Waals surface area contributed by atoms with E-state index in [2.05, 4.69) is 34.6 Å². The standard InChI is InChI=1S/C8H18.C6H14.10C2H6.CH4.2H2/c1-4-6-8(3)7-5-2;1-3-5-6-4-2;10*1-2;;;/h8H,4-7H2,1-3H3;3-6H2,1-2H3;10*1-2H3;1H4;2*1H/i;;;;;;;;;;;;1T2;1+2T;1+2. The van der Waals surface area contributed by atoms with E-state index in [0.29, 0.717) is 0 Å². The Labute approximate surface area is 245 Å². The second-order valence-corrected chi connectivity index (χ2v) is 4.39. The van der Waals surface area contributed by atoms with Crippen molar-refractivity contribution in [1.29, 1.82) is 0 Å². The van der Waals surface area contributed by atoms with E-state index >= 15 is 0 Å². The van der Waals surface area contributed by atoms with Gasteiger partial charge in [-0.2, -0.15) is 0 Å². The molecular formula is C35H100. The molecule has 0 aromatic rings. The van der Waals surface area contributed by atoms with Crippen LogP contribution in [0.4, 0.5) is 0 Å². The highest BCUT2D eigenvalue weighted by Crippen LogP contribution is 2.10. The molecule has 0 nitrogen and oxygen atoms in total. The summed E-state index contributed by atoms with van der Waals surface area (Å²) in [5.41, 5.74) is 0. The Kier molecular flexibility index (Phi) is 566. The summed E-state index contributed by atoms with van der Waals surface area (Å²) in [4.78, 5) is 0. The maximum absolute atomic E-state index is 5.88. The summed E-state index contributed by atoms with van der Waals surface area (Å²) in [6.07, 6.45) is 11.1. The van der Waals surface area contributed by atoms with Crippen molar-refractivity contribution < 1.29 is 7.14 Å². The van der Waals surface area contributed by atoms with E-state index < -0.39 is 0 Å². The average Bonchev–Trinajstić information content (AvgIpc) is 3.07. The highest BCUT2D eigenvalue weighted by Gasteiger charge is 1.95. The van der Waals surface area contributed by atoms with Crippen LogP contribution in [0, 0.1) is 5.92 Å². The van der Waals surface area contributed by atoms with Crippen molar-refractivity contribution in [2.24, 2.45) is 5.92 Å². The van der Waals surface area contributed by atoms with Gasteiger partial charge < -0.3 is 0 Å². The summed E-state index contributed by atoms with van der Waals surface area (Å²) < 4.78 is 21.8. The molecule has 0 unspecified atom stereocenters. The Morgan fingerprint density at radius 1 is 0.457 bits per heavy atom. The van der Waals surface area contributed by atoms with Crippen LogP contribution in [0.5, 0.6) is 0 Å². The smallest absolute Gasteiger partial charge is 0.0194 e. The lowest BCUT2D eigenvalue weighted by atomic mass is 10.0. The molecule has 0 aliphatic carbocycles. The van der Waals surface area contributed by atoms with Gasteiger partial charge in [0, 0.05) is 7.14 Å². The molecule has 240 valence electrons. The summed E-state index contributed by atoms with van der Waals surface area (Å²) in [5.74, 6) is 0.963. The quantitative estimate of drug-likeness (QED) is 0.287. The lowest BCUT2D eigenvalue weighted by Gasteiger charge is -2.05. The Morgan fingerprint density at radius 3 is 0.686 bits per heavy atom. The van der Waals surface area contributed by atoms with Gasteiger partial charge in [-0.3, -0.25) is 0 Å². The molecule has 0 aliphatic heterocycles. The van der Waals surface area contributed by atoms with Gasteiger partial charge in [0.15, 0.2) is 0 Å². The van der Waals surface area contributed by atoms with Gasteiger partial charge in [-0.25, -0.2) is 0 Å². The predicted octanol–water partition coefficient (Wildman–Crippen LogP) is 17.2. The minimum Gasteiger partial charge on any atom is -0.0776 e. The second kappa shape index (κ2) is 306. The zero-order chi connectivity index (χ0) is 35.9. The van der Waals surface area contributed by atoms with Gasteiger partial charge in [-0.05, 0) is 5.92 Å². The Hall–Kier alpha value is 0. The van der Waals surface area contributed by atoms with E-state index in [9.17, 15) is 0 Å². The van der Waals surface area contributed by atoms with Crippen LogP contribution in [-0.2, 0) is 0 Å². The summed E-state index contributed by atoms with van der Waals surface area (Å²) in [6.45, 7) is 51.3. The topological polar surface area (TPSA) is 0 Å². The molecule has 0 N–H and O–H groups in total. The van der Waals surface area contributed by atoms with Crippen molar-refractivity contribution in [3.63, 3.8) is 0 Å². The van der Waals surface area contributed by atoms with E-state index in [1.807, 2.05) is 138 Å². The molecule has 0 heteroatoms. The van der Waals surface area contributed by atoms with Crippen molar-refractivity contribution >= 4 is 0 Å². The fraction of sp³-hybridized carbons (Fsp3) is 1.00. The highest BCUT2D eigenvalue weighted by atomic mass is 14.0. The van der Waals surface area contributed by atoms with Crippen molar-refractivity contribution in [1.82, 2.24) is 0 Å². The summed E-state index contributed by atoms with van der Waals surface area (Å²) in [5, 5.41) is 0. The van der Waals surface area contributed by atoms with E-state index in [-0.39, 0.29) is 8.81 Å². The van der Waals surface area contributed by atoms with Gasteiger partial charge in [-0.1, -0.05) is 232 Å². The van der Waals surface area contributed by atoms with Crippen molar-refractivity contribution in [2.45, 2.75) is 232 Å². The monoisotopic (exact) mass is 531 g/mol. The third-order valence-corrected chi connectivity index (χ3v) is 2.52. The highest BCUT2D eigenvalue weighted by molar-refractivity contribution is 4.48. The molecule has 0 aliphatic rings. The molecule has 0 saturated heterocycles. The maximum Gasteiger partial charge on any atom is 0.0194 e. The first kappa shape index (κ1) is 64.7. The van der Waals surface area contributed by atoms with Gasteiger partial charge in [-0.15, -0.1) is 0 Å². The van der Waals surface area contributed by atoms with Crippen LogP contribution >= 0.6 is 0 Å². The number of hydrogen-bond acceptors (Lipinski definition) is 0. The first-order chi connectivity index (χ1) is 19.1. The van der Waals surface area contributed by atoms with E-state index in [1.54, 1.807) is 0 Å². The van der Waals surface area contributed by atoms with Gasteiger partial charge in [0.1, 0.15) is 0 Å². The van der Waals surface area contributed by atoms with E-state index in [4.69, 9.17) is 5.71 Å². The first-order valence-electron chi connectivity index (χ1n) is 19.1. The molecule has 0 aromatic carbocycles. The van der Waals surface area contributed by atoms with Crippen molar-refractivity contribution in [3.05, 3.63) is 0 Å². The second-order valence-electron chi connectivity index (χ2n) is 4.39. The van der Waals surface area contributed by atoms with Gasteiger partial charge >= 0.3 is 0 Å².